The highest BCUT2D eigenvalue weighted by atomic mass is 127. The van der Waals surface area contributed by atoms with Crippen LogP contribution in [-0.4, -0.2) is 34.3 Å². The Hall–Kier alpha value is -1.85. The van der Waals surface area contributed by atoms with Gasteiger partial charge in [0, 0.05) is 26.6 Å². The molecule has 2 heterocycles. The highest BCUT2D eigenvalue weighted by Gasteiger charge is 2.29. The molecule has 2 N–H and O–H groups in total. The molecule has 0 atom stereocenters. The van der Waals surface area contributed by atoms with Gasteiger partial charge < -0.3 is 15.2 Å². The Kier molecular flexibility index (Phi) is 8.72. The molecular weight excluding hydrogens is 496 g/mol. The number of aryl methyl sites for hydroxylation is 1. The van der Waals surface area contributed by atoms with E-state index in [1.807, 2.05) is 0 Å². The number of rotatable bonds is 5. The molecule has 29 heavy (non-hydrogen) atoms. The molecule has 0 saturated heterocycles. The molecular formula is C19H26F3IN6. The third-order valence-corrected chi connectivity index (χ3v) is 4.81. The van der Waals surface area contributed by atoms with Crippen LogP contribution in [0.4, 0.5) is 13.2 Å². The highest BCUT2D eigenvalue weighted by molar-refractivity contribution is 14.0. The monoisotopic (exact) mass is 522 g/mol. The van der Waals surface area contributed by atoms with E-state index in [0.717, 1.165) is 55.2 Å². The molecule has 1 aromatic heterocycles. The van der Waals surface area contributed by atoms with Crippen LogP contribution >= 0.6 is 24.0 Å². The number of hydrogen-bond donors (Lipinski definition) is 2. The maximum Gasteiger partial charge on any atom is 0.416 e. The number of guanidine groups is 1. The lowest BCUT2D eigenvalue weighted by Gasteiger charge is -2.13. The van der Waals surface area contributed by atoms with Crippen molar-refractivity contribution in [3.8, 4) is 0 Å². The molecule has 1 aliphatic heterocycles. The van der Waals surface area contributed by atoms with Gasteiger partial charge in [-0.2, -0.15) is 13.2 Å². The van der Waals surface area contributed by atoms with E-state index < -0.39 is 11.7 Å². The van der Waals surface area contributed by atoms with Gasteiger partial charge in [-0.3, -0.25) is 4.99 Å². The second kappa shape index (κ2) is 10.8. The molecule has 160 valence electrons. The van der Waals surface area contributed by atoms with Gasteiger partial charge in [0.1, 0.15) is 5.82 Å². The third-order valence-electron chi connectivity index (χ3n) is 4.81. The summed E-state index contributed by atoms with van der Waals surface area (Å²) in [6.45, 7) is 2.02. The minimum Gasteiger partial charge on any atom is -0.356 e. The number of alkyl halides is 3. The lowest BCUT2D eigenvalue weighted by Crippen LogP contribution is -2.38. The molecule has 6 nitrogen and oxygen atoms in total. The molecule has 0 unspecified atom stereocenters. The summed E-state index contributed by atoms with van der Waals surface area (Å²) < 4.78 is 40.0. The maximum absolute atomic E-state index is 12.6. The normalized spacial score (nSPS) is 14.6. The number of fused-ring (bicyclic) bond motifs is 1. The molecule has 2 aromatic rings. The smallest absolute Gasteiger partial charge is 0.356 e. The lowest BCUT2D eigenvalue weighted by molar-refractivity contribution is -0.137. The van der Waals surface area contributed by atoms with Gasteiger partial charge in [0.05, 0.1) is 12.1 Å². The average molecular weight is 522 g/mol. The van der Waals surface area contributed by atoms with Crippen LogP contribution in [0.1, 0.15) is 42.0 Å². The fraction of sp³-hybridized carbons (Fsp3) is 0.526. The first-order valence-corrected chi connectivity index (χ1v) is 9.49. The van der Waals surface area contributed by atoms with Crippen LogP contribution in [0.5, 0.6) is 0 Å². The number of hydrogen-bond acceptors (Lipinski definition) is 3. The summed E-state index contributed by atoms with van der Waals surface area (Å²) in [5, 5.41) is 15.0. The van der Waals surface area contributed by atoms with Gasteiger partial charge >= 0.3 is 6.18 Å². The molecule has 0 saturated carbocycles. The molecule has 0 spiro atoms. The predicted molar refractivity (Wildman–Crippen MR) is 116 cm³/mol. The number of nitrogens with one attached hydrogen (secondary N) is 2. The largest absolute Gasteiger partial charge is 0.416 e. The number of aliphatic imine (C=N–C) groups is 1. The van der Waals surface area contributed by atoms with Gasteiger partial charge in [-0.15, -0.1) is 34.2 Å². The summed E-state index contributed by atoms with van der Waals surface area (Å²) >= 11 is 0. The molecule has 3 rings (SSSR count). The first-order valence-electron chi connectivity index (χ1n) is 9.49. The van der Waals surface area contributed by atoms with Crippen molar-refractivity contribution in [2.45, 2.75) is 51.4 Å². The van der Waals surface area contributed by atoms with Crippen molar-refractivity contribution in [2.75, 3.05) is 13.6 Å². The Labute approximate surface area is 185 Å². The lowest BCUT2D eigenvalue weighted by atomic mass is 10.1. The molecule has 10 heteroatoms. The summed E-state index contributed by atoms with van der Waals surface area (Å²) in [6.07, 6.45) is 0.759. The van der Waals surface area contributed by atoms with Crippen LogP contribution in [0.3, 0.4) is 0 Å². The van der Waals surface area contributed by atoms with Gasteiger partial charge in [0.25, 0.3) is 0 Å². The first-order chi connectivity index (χ1) is 13.5. The Balaban J connectivity index is 0.00000300. The van der Waals surface area contributed by atoms with Crippen molar-refractivity contribution >= 4 is 29.9 Å². The Bertz CT molecular complexity index is 801. The summed E-state index contributed by atoms with van der Waals surface area (Å²) in [5.41, 5.74) is 0.202. The van der Waals surface area contributed by atoms with Crippen molar-refractivity contribution < 1.29 is 13.2 Å². The molecule has 1 aromatic carbocycles. The van der Waals surface area contributed by atoms with Crippen molar-refractivity contribution in [3.63, 3.8) is 0 Å². The van der Waals surface area contributed by atoms with Crippen LogP contribution in [0.15, 0.2) is 29.3 Å². The number of halogens is 4. The van der Waals surface area contributed by atoms with Gasteiger partial charge in [0.2, 0.25) is 0 Å². The van der Waals surface area contributed by atoms with Crippen LogP contribution in [0, 0.1) is 0 Å². The zero-order valence-corrected chi connectivity index (χ0v) is 18.6. The molecule has 0 radical (unpaired) electrons. The van der Waals surface area contributed by atoms with Gasteiger partial charge in [0.15, 0.2) is 11.8 Å². The van der Waals surface area contributed by atoms with Crippen LogP contribution in [-0.2, 0) is 32.1 Å². The summed E-state index contributed by atoms with van der Waals surface area (Å²) in [4.78, 5) is 4.18. The van der Waals surface area contributed by atoms with E-state index in [1.54, 1.807) is 7.05 Å². The standard InChI is InChI=1S/C19H25F3N6.HI/c1-23-18(24-11-10-14-6-8-15(9-7-14)19(20,21)22)25-13-17-27-26-16-5-3-2-4-12-28(16)17;/h6-9H,2-5,10-13H2,1H3,(H2,23,24,25);1H. The number of aromatic nitrogens is 3. The zero-order chi connectivity index (χ0) is 20.0. The Morgan fingerprint density at radius 2 is 1.86 bits per heavy atom. The van der Waals surface area contributed by atoms with E-state index in [1.165, 1.54) is 18.6 Å². The van der Waals surface area contributed by atoms with Crippen molar-refractivity contribution in [2.24, 2.45) is 4.99 Å². The average Bonchev–Trinajstić information content (AvgIpc) is 2.90. The fourth-order valence-electron chi connectivity index (χ4n) is 3.25. The van der Waals surface area contributed by atoms with Crippen molar-refractivity contribution in [1.82, 2.24) is 25.4 Å². The van der Waals surface area contributed by atoms with E-state index in [-0.39, 0.29) is 24.0 Å². The summed E-state index contributed by atoms with van der Waals surface area (Å²) in [6, 6.07) is 5.23. The zero-order valence-electron chi connectivity index (χ0n) is 16.3. The van der Waals surface area contributed by atoms with E-state index in [4.69, 9.17) is 0 Å². The SMILES string of the molecule is CN=C(NCCc1ccc(C(F)(F)F)cc1)NCc1nnc2n1CCCCC2.I. The van der Waals surface area contributed by atoms with Gasteiger partial charge in [-0.1, -0.05) is 18.6 Å². The van der Waals surface area contributed by atoms with E-state index in [0.29, 0.717) is 25.5 Å². The quantitative estimate of drug-likeness (QED) is 0.358. The Morgan fingerprint density at radius 3 is 2.55 bits per heavy atom. The maximum atomic E-state index is 12.6. The summed E-state index contributed by atoms with van der Waals surface area (Å²) in [7, 11) is 1.68. The Morgan fingerprint density at radius 1 is 1.10 bits per heavy atom. The predicted octanol–water partition coefficient (Wildman–Crippen LogP) is 3.55. The van der Waals surface area contributed by atoms with Crippen LogP contribution in [0.2, 0.25) is 0 Å². The molecule has 0 fully saturated rings. The number of benzene rings is 1. The first kappa shape index (κ1) is 23.4. The summed E-state index contributed by atoms with van der Waals surface area (Å²) in [5.74, 6) is 2.56. The molecule has 0 bridgehead atoms. The minimum absolute atomic E-state index is 0. The van der Waals surface area contributed by atoms with Crippen LogP contribution < -0.4 is 10.6 Å². The van der Waals surface area contributed by atoms with E-state index >= 15 is 0 Å². The van der Waals surface area contributed by atoms with Gasteiger partial charge in [-0.25, -0.2) is 0 Å². The van der Waals surface area contributed by atoms with E-state index in [9.17, 15) is 13.2 Å². The molecule has 0 amide bonds. The second-order valence-electron chi connectivity index (χ2n) is 6.79. The van der Waals surface area contributed by atoms with Crippen molar-refractivity contribution in [1.29, 1.82) is 0 Å². The fourth-order valence-corrected chi connectivity index (χ4v) is 3.25. The van der Waals surface area contributed by atoms with E-state index in [2.05, 4.69) is 30.4 Å². The number of nitrogens with zero attached hydrogens (tertiary/aromatic N) is 4. The third kappa shape index (κ3) is 6.58. The minimum atomic E-state index is -4.30. The molecule has 0 aliphatic carbocycles. The molecule has 1 aliphatic rings. The van der Waals surface area contributed by atoms with Crippen LogP contribution in [0.25, 0.3) is 0 Å². The van der Waals surface area contributed by atoms with Gasteiger partial charge in [-0.05, 0) is 37.0 Å². The topological polar surface area (TPSA) is 67.1 Å². The highest BCUT2D eigenvalue weighted by Crippen LogP contribution is 2.29. The second-order valence-corrected chi connectivity index (χ2v) is 6.79. The van der Waals surface area contributed by atoms with Crippen molar-refractivity contribution in [3.05, 3.63) is 47.0 Å².